The molecule has 0 fully saturated rings. The van der Waals surface area contributed by atoms with Gasteiger partial charge in [-0.25, -0.2) is 9.67 Å². The Kier molecular flexibility index (Phi) is 3.64. The van der Waals surface area contributed by atoms with Gasteiger partial charge in [0, 0.05) is 29.4 Å². The fourth-order valence-corrected chi connectivity index (χ4v) is 2.57. The molecule has 0 bridgehead atoms. The van der Waals surface area contributed by atoms with Gasteiger partial charge in [0.15, 0.2) is 0 Å². The van der Waals surface area contributed by atoms with Crippen molar-refractivity contribution in [2.75, 3.05) is 7.11 Å². The SMILES string of the molecule is COc1cc(-c2nc(-c3ccc4c(c3)nnn4C(C)C)no2)ccn1. The minimum atomic E-state index is 0.245. The van der Waals surface area contributed by atoms with E-state index in [0.29, 0.717) is 17.6 Å². The first-order valence-corrected chi connectivity index (χ1v) is 7.85. The highest BCUT2D eigenvalue weighted by atomic mass is 16.5. The summed E-state index contributed by atoms with van der Waals surface area (Å²) >= 11 is 0. The molecule has 8 nitrogen and oxygen atoms in total. The van der Waals surface area contributed by atoms with Gasteiger partial charge in [-0.1, -0.05) is 10.4 Å². The summed E-state index contributed by atoms with van der Waals surface area (Å²) < 4.78 is 12.4. The summed E-state index contributed by atoms with van der Waals surface area (Å²) in [4.78, 5) is 8.53. The summed E-state index contributed by atoms with van der Waals surface area (Å²) in [5.41, 5.74) is 3.33. The van der Waals surface area contributed by atoms with E-state index in [4.69, 9.17) is 9.26 Å². The van der Waals surface area contributed by atoms with Gasteiger partial charge in [-0.15, -0.1) is 5.10 Å². The standard InChI is InChI=1S/C17H16N6O2/c1-10(2)23-14-5-4-11(8-13(14)20-22-23)16-19-17(25-21-16)12-6-7-18-15(9-12)24-3/h4-10H,1-3H3. The van der Waals surface area contributed by atoms with Crippen molar-refractivity contribution < 1.29 is 9.26 Å². The predicted molar refractivity (Wildman–Crippen MR) is 91.0 cm³/mol. The summed E-state index contributed by atoms with van der Waals surface area (Å²) in [7, 11) is 1.56. The number of rotatable bonds is 4. The molecule has 8 heteroatoms. The minimum absolute atomic E-state index is 0.245. The van der Waals surface area contributed by atoms with Crippen LogP contribution < -0.4 is 4.74 Å². The average molecular weight is 336 g/mol. The molecule has 0 unspecified atom stereocenters. The second-order valence-corrected chi connectivity index (χ2v) is 5.84. The molecular weight excluding hydrogens is 320 g/mol. The Balaban J connectivity index is 1.71. The minimum Gasteiger partial charge on any atom is -0.481 e. The van der Waals surface area contributed by atoms with E-state index in [1.54, 1.807) is 25.4 Å². The van der Waals surface area contributed by atoms with Gasteiger partial charge in [0.2, 0.25) is 11.7 Å². The summed E-state index contributed by atoms with van der Waals surface area (Å²) in [6.45, 7) is 4.13. The van der Waals surface area contributed by atoms with E-state index in [9.17, 15) is 0 Å². The van der Waals surface area contributed by atoms with E-state index in [1.807, 2.05) is 22.9 Å². The molecule has 4 aromatic rings. The topological polar surface area (TPSA) is 91.8 Å². The number of ether oxygens (including phenoxy) is 1. The molecule has 1 aromatic carbocycles. The number of aromatic nitrogens is 6. The van der Waals surface area contributed by atoms with E-state index < -0.39 is 0 Å². The summed E-state index contributed by atoms with van der Waals surface area (Å²) in [6.07, 6.45) is 1.63. The van der Waals surface area contributed by atoms with Crippen molar-refractivity contribution in [1.29, 1.82) is 0 Å². The third kappa shape index (κ3) is 2.71. The van der Waals surface area contributed by atoms with E-state index in [0.717, 1.165) is 22.2 Å². The Hall–Kier alpha value is -3.29. The van der Waals surface area contributed by atoms with Crippen LogP contribution in [0, 0.1) is 0 Å². The zero-order chi connectivity index (χ0) is 17.4. The Labute approximate surface area is 143 Å². The zero-order valence-corrected chi connectivity index (χ0v) is 14.0. The normalized spacial score (nSPS) is 11.4. The first-order valence-electron chi connectivity index (χ1n) is 7.85. The number of fused-ring (bicyclic) bond motifs is 1. The van der Waals surface area contributed by atoms with Crippen LogP contribution in [0.25, 0.3) is 33.9 Å². The molecule has 126 valence electrons. The molecule has 0 saturated carbocycles. The summed E-state index contributed by atoms with van der Waals surface area (Å²) in [6, 6.07) is 9.59. The second kappa shape index (κ2) is 5.97. The number of methoxy groups -OCH3 is 1. The lowest BCUT2D eigenvalue weighted by Crippen LogP contribution is -2.02. The summed E-state index contributed by atoms with van der Waals surface area (Å²) in [5, 5.41) is 12.5. The molecule has 0 N–H and O–H groups in total. The van der Waals surface area contributed by atoms with Crippen LogP contribution in [0.5, 0.6) is 5.88 Å². The molecule has 0 aliphatic rings. The number of hydrogen-bond donors (Lipinski definition) is 0. The second-order valence-electron chi connectivity index (χ2n) is 5.84. The van der Waals surface area contributed by atoms with Crippen molar-refractivity contribution in [3.8, 4) is 28.7 Å². The van der Waals surface area contributed by atoms with Crippen LogP contribution in [-0.2, 0) is 0 Å². The van der Waals surface area contributed by atoms with Gasteiger partial charge in [-0.3, -0.25) is 0 Å². The average Bonchev–Trinajstić information content (AvgIpc) is 3.28. The number of nitrogens with zero attached hydrogens (tertiary/aromatic N) is 6. The molecule has 0 radical (unpaired) electrons. The highest BCUT2D eigenvalue weighted by Gasteiger charge is 2.14. The Morgan fingerprint density at radius 1 is 1.12 bits per heavy atom. The fourth-order valence-electron chi connectivity index (χ4n) is 2.57. The van der Waals surface area contributed by atoms with Crippen molar-refractivity contribution in [3.63, 3.8) is 0 Å². The monoisotopic (exact) mass is 336 g/mol. The Morgan fingerprint density at radius 3 is 2.80 bits per heavy atom. The smallest absolute Gasteiger partial charge is 0.258 e. The van der Waals surface area contributed by atoms with Crippen molar-refractivity contribution in [3.05, 3.63) is 36.5 Å². The third-order valence-electron chi connectivity index (χ3n) is 3.84. The van der Waals surface area contributed by atoms with Crippen LogP contribution in [0.2, 0.25) is 0 Å². The highest BCUT2D eigenvalue weighted by Crippen LogP contribution is 2.26. The third-order valence-corrected chi connectivity index (χ3v) is 3.84. The van der Waals surface area contributed by atoms with Crippen LogP contribution in [0.3, 0.4) is 0 Å². The molecule has 0 spiro atoms. The maximum Gasteiger partial charge on any atom is 0.258 e. The van der Waals surface area contributed by atoms with Crippen LogP contribution in [0.4, 0.5) is 0 Å². The maximum absolute atomic E-state index is 5.37. The van der Waals surface area contributed by atoms with Gasteiger partial charge in [-0.05, 0) is 38.1 Å². The quantitative estimate of drug-likeness (QED) is 0.565. The van der Waals surface area contributed by atoms with Crippen LogP contribution >= 0.6 is 0 Å². The molecule has 0 saturated heterocycles. The zero-order valence-electron chi connectivity index (χ0n) is 14.0. The van der Waals surface area contributed by atoms with E-state index in [2.05, 4.69) is 39.3 Å². The molecule has 3 heterocycles. The van der Waals surface area contributed by atoms with Gasteiger partial charge in [-0.2, -0.15) is 4.98 Å². The number of benzene rings is 1. The lowest BCUT2D eigenvalue weighted by Gasteiger charge is -2.04. The van der Waals surface area contributed by atoms with E-state index in [-0.39, 0.29) is 6.04 Å². The van der Waals surface area contributed by atoms with Gasteiger partial charge in [0.05, 0.1) is 12.6 Å². The molecule has 0 amide bonds. The predicted octanol–water partition coefficient (Wildman–Crippen LogP) is 3.13. The first-order chi connectivity index (χ1) is 12.2. The van der Waals surface area contributed by atoms with Crippen molar-refractivity contribution in [2.24, 2.45) is 0 Å². The van der Waals surface area contributed by atoms with Crippen LogP contribution in [-0.4, -0.2) is 37.2 Å². The molecule has 0 aliphatic carbocycles. The molecule has 25 heavy (non-hydrogen) atoms. The molecule has 4 rings (SSSR count). The van der Waals surface area contributed by atoms with Gasteiger partial charge in [0.25, 0.3) is 5.89 Å². The van der Waals surface area contributed by atoms with Crippen molar-refractivity contribution >= 4 is 11.0 Å². The highest BCUT2D eigenvalue weighted by molar-refractivity contribution is 5.80. The number of hydrogen-bond acceptors (Lipinski definition) is 7. The lowest BCUT2D eigenvalue weighted by molar-refractivity contribution is 0.397. The van der Waals surface area contributed by atoms with E-state index in [1.165, 1.54) is 0 Å². The summed E-state index contributed by atoms with van der Waals surface area (Å²) in [5.74, 6) is 1.39. The molecule has 0 aliphatic heterocycles. The van der Waals surface area contributed by atoms with Crippen molar-refractivity contribution in [2.45, 2.75) is 19.9 Å². The molecular formula is C17H16N6O2. The lowest BCUT2D eigenvalue weighted by atomic mass is 10.2. The Morgan fingerprint density at radius 2 is 2.00 bits per heavy atom. The Bertz CT molecular complexity index is 1040. The van der Waals surface area contributed by atoms with Gasteiger partial charge < -0.3 is 9.26 Å². The largest absolute Gasteiger partial charge is 0.481 e. The fraction of sp³-hybridized carbons (Fsp3) is 0.235. The van der Waals surface area contributed by atoms with Crippen molar-refractivity contribution in [1.82, 2.24) is 30.1 Å². The molecule has 3 aromatic heterocycles. The molecule has 0 atom stereocenters. The van der Waals surface area contributed by atoms with Gasteiger partial charge >= 0.3 is 0 Å². The first kappa shape index (κ1) is 15.3. The van der Waals surface area contributed by atoms with Gasteiger partial charge in [0.1, 0.15) is 5.52 Å². The van der Waals surface area contributed by atoms with E-state index >= 15 is 0 Å². The van der Waals surface area contributed by atoms with Crippen LogP contribution in [0.1, 0.15) is 19.9 Å². The number of pyridine rings is 1. The maximum atomic E-state index is 5.37. The van der Waals surface area contributed by atoms with Crippen LogP contribution in [0.15, 0.2) is 41.1 Å².